The van der Waals surface area contributed by atoms with Crippen molar-refractivity contribution in [3.05, 3.63) is 102 Å². The Bertz CT molecular complexity index is 2030. The molecule has 2 aromatic rings. The molecule has 0 aliphatic heterocycles. The maximum Gasteiger partial charge on any atom is 0.334 e. The number of rotatable bonds is 28. The highest BCUT2D eigenvalue weighted by atomic mass is 19.1. The van der Waals surface area contributed by atoms with Crippen molar-refractivity contribution in [3.63, 3.8) is 0 Å². The number of carbonyl (C=O) groups excluding carboxylic acids is 6. The first kappa shape index (κ1) is 54.3. The van der Waals surface area contributed by atoms with E-state index in [9.17, 15) is 28.8 Å². The second kappa shape index (κ2) is 27.4. The Morgan fingerprint density at radius 3 is 1.76 bits per heavy atom. The molecular weight excluding hydrogens is 852 g/mol. The number of halogens is 1. The van der Waals surface area contributed by atoms with Crippen LogP contribution in [0.4, 0.5) is 4.39 Å². The SMILES string of the molecule is C=C(C)C(=O)OCCCc1cc(-c2ccc(C3CCC(CCCCCC)CC3)cc2F)ccc1OCC(COC(=O)C(=C)C)(COC(=O)C(=C)CC(=O)OC)COC(=O)C(=C)CC(=O)OC. The van der Waals surface area contributed by atoms with Crippen LogP contribution in [0.2, 0.25) is 0 Å². The minimum atomic E-state index is -1.64. The van der Waals surface area contributed by atoms with Gasteiger partial charge in [0.15, 0.2) is 0 Å². The van der Waals surface area contributed by atoms with E-state index in [0.29, 0.717) is 29.0 Å². The van der Waals surface area contributed by atoms with Gasteiger partial charge in [-0.3, -0.25) is 9.59 Å². The van der Waals surface area contributed by atoms with Crippen LogP contribution in [0.25, 0.3) is 11.1 Å². The van der Waals surface area contributed by atoms with Crippen molar-refractivity contribution in [1.82, 2.24) is 0 Å². The van der Waals surface area contributed by atoms with Crippen LogP contribution in [-0.2, 0) is 63.6 Å². The lowest BCUT2D eigenvalue weighted by molar-refractivity contribution is -0.161. The summed E-state index contributed by atoms with van der Waals surface area (Å²) in [4.78, 5) is 74.9. The molecular formula is C52H67FO13. The molecule has 0 amide bonds. The van der Waals surface area contributed by atoms with E-state index in [0.717, 1.165) is 51.4 Å². The molecule has 1 fully saturated rings. The van der Waals surface area contributed by atoms with Gasteiger partial charge in [0, 0.05) is 27.9 Å². The van der Waals surface area contributed by atoms with Gasteiger partial charge in [-0.1, -0.05) is 83.5 Å². The average molecular weight is 919 g/mol. The van der Waals surface area contributed by atoms with Crippen LogP contribution in [0, 0.1) is 17.2 Å². The molecule has 0 atom stereocenters. The monoisotopic (exact) mass is 918 g/mol. The number of methoxy groups -OCH3 is 2. The number of aryl methyl sites for hydroxylation is 1. The van der Waals surface area contributed by atoms with Gasteiger partial charge in [0.1, 0.15) is 43.4 Å². The molecule has 0 bridgehead atoms. The van der Waals surface area contributed by atoms with E-state index in [2.05, 4.69) is 42.7 Å². The molecule has 0 heterocycles. The standard InChI is InChI=1S/C52H67FO13/c1-10-11-12-13-15-38-17-19-39(20-18-38)40-21-23-43(44(53)29-40)41-22-24-45(42(28-41)16-14-25-62-48(56)34(2)3)63-30-52(31-64-49(57)35(4)5,32-65-50(58)36(6)26-46(54)60-8)33-66-51(59)37(7)27-47(55)61-9/h21-24,28-29,38-39H,2,4,6-7,10-20,25-27,30-33H2,1,3,5,8-9H3. The fraction of sp³-hybridized carbons (Fsp3) is 0.500. The Hall–Kier alpha value is -6.05. The second-order valence-corrected chi connectivity index (χ2v) is 17.2. The summed E-state index contributed by atoms with van der Waals surface area (Å²) in [5.41, 5.74) is 0.655. The minimum absolute atomic E-state index is 0.0387. The van der Waals surface area contributed by atoms with Crippen molar-refractivity contribution in [1.29, 1.82) is 0 Å². The molecule has 0 N–H and O–H groups in total. The first-order valence-electron chi connectivity index (χ1n) is 22.5. The third-order valence-electron chi connectivity index (χ3n) is 11.5. The zero-order valence-electron chi connectivity index (χ0n) is 39.4. The minimum Gasteiger partial charge on any atom is -0.492 e. The molecule has 0 radical (unpaired) electrons. The third-order valence-corrected chi connectivity index (χ3v) is 11.5. The molecule has 3 rings (SSSR count). The maximum atomic E-state index is 16.1. The Kier molecular flexibility index (Phi) is 22.6. The smallest absolute Gasteiger partial charge is 0.334 e. The van der Waals surface area contributed by atoms with Gasteiger partial charge in [-0.25, -0.2) is 23.6 Å². The number of esters is 6. The predicted octanol–water partition coefficient (Wildman–Crippen LogP) is 9.60. The number of ether oxygens (including phenoxy) is 7. The van der Waals surface area contributed by atoms with Crippen LogP contribution in [0.5, 0.6) is 5.75 Å². The van der Waals surface area contributed by atoms with E-state index in [1.807, 2.05) is 6.07 Å². The molecule has 0 aromatic heterocycles. The molecule has 14 heteroatoms. The van der Waals surface area contributed by atoms with Gasteiger partial charge in [0.2, 0.25) is 0 Å². The van der Waals surface area contributed by atoms with E-state index in [-0.39, 0.29) is 46.9 Å². The molecule has 2 aromatic carbocycles. The van der Waals surface area contributed by atoms with Crippen molar-refractivity contribution in [2.75, 3.05) is 47.3 Å². The van der Waals surface area contributed by atoms with Gasteiger partial charge in [-0.2, -0.15) is 0 Å². The zero-order chi connectivity index (χ0) is 48.8. The van der Waals surface area contributed by atoms with Crippen molar-refractivity contribution in [2.45, 2.75) is 110 Å². The molecule has 1 aliphatic rings. The van der Waals surface area contributed by atoms with E-state index < -0.39 is 80.5 Å². The van der Waals surface area contributed by atoms with Crippen LogP contribution < -0.4 is 4.74 Å². The normalized spacial score (nSPS) is 14.5. The summed E-state index contributed by atoms with van der Waals surface area (Å²) in [5, 5.41) is 0. The summed E-state index contributed by atoms with van der Waals surface area (Å²) in [6.07, 6.45) is 10.3. The van der Waals surface area contributed by atoms with E-state index >= 15 is 4.39 Å². The number of benzene rings is 2. The van der Waals surface area contributed by atoms with Crippen LogP contribution in [-0.4, -0.2) is 83.1 Å². The number of hydrogen-bond donors (Lipinski definition) is 0. The topological polar surface area (TPSA) is 167 Å². The highest BCUT2D eigenvalue weighted by molar-refractivity contribution is 5.94. The van der Waals surface area contributed by atoms with Gasteiger partial charge < -0.3 is 33.2 Å². The molecule has 13 nitrogen and oxygen atoms in total. The summed E-state index contributed by atoms with van der Waals surface area (Å²) in [6.45, 7) is 17.5. The average Bonchev–Trinajstić information content (AvgIpc) is 3.30. The second-order valence-electron chi connectivity index (χ2n) is 17.2. The molecule has 1 aliphatic carbocycles. The quantitative estimate of drug-likeness (QED) is 0.0343. The molecule has 0 unspecified atom stereocenters. The Balaban J connectivity index is 1.99. The van der Waals surface area contributed by atoms with Gasteiger partial charge in [-0.15, -0.1) is 0 Å². The Morgan fingerprint density at radius 2 is 1.23 bits per heavy atom. The van der Waals surface area contributed by atoms with E-state index in [1.54, 1.807) is 30.3 Å². The van der Waals surface area contributed by atoms with Crippen molar-refractivity contribution in [3.8, 4) is 16.9 Å². The van der Waals surface area contributed by atoms with Crippen molar-refractivity contribution in [2.24, 2.45) is 11.3 Å². The van der Waals surface area contributed by atoms with Gasteiger partial charge in [0.05, 0.1) is 33.7 Å². The highest BCUT2D eigenvalue weighted by Crippen LogP contribution is 2.39. The lowest BCUT2D eigenvalue weighted by atomic mass is 9.77. The molecule has 0 spiro atoms. The van der Waals surface area contributed by atoms with Crippen LogP contribution >= 0.6 is 0 Å². The van der Waals surface area contributed by atoms with Gasteiger partial charge >= 0.3 is 35.8 Å². The van der Waals surface area contributed by atoms with Crippen molar-refractivity contribution < 1.29 is 66.3 Å². The van der Waals surface area contributed by atoms with Crippen LogP contribution in [0.3, 0.4) is 0 Å². The van der Waals surface area contributed by atoms with Crippen molar-refractivity contribution >= 4 is 35.8 Å². The first-order chi connectivity index (χ1) is 31.4. The largest absolute Gasteiger partial charge is 0.492 e. The van der Waals surface area contributed by atoms with Gasteiger partial charge in [-0.05, 0) is 99.1 Å². The third kappa shape index (κ3) is 17.7. The van der Waals surface area contributed by atoms with E-state index in [1.165, 1.54) is 46.0 Å². The van der Waals surface area contributed by atoms with Crippen LogP contribution in [0.15, 0.2) is 85.0 Å². The summed E-state index contributed by atoms with van der Waals surface area (Å²) in [5.74, 6) is -3.91. The zero-order valence-corrected chi connectivity index (χ0v) is 39.4. The van der Waals surface area contributed by atoms with Crippen LogP contribution in [0.1, 0.15) is 115 Å². The first-order valence-corrected chi connectivity index (χ1v) is 22.5. The number of carbonyl (C=O) groups is 6. The molecule has 360 valence electrons. The molecule has 66 heavy (non-hydrogen) atoms. The Labute approximate surface area is 388 Å². The summed E-state index contributed by atoms with van der Waals surface area (Å²) < 4.78 is 53.8. The lowest BCUT2D eigenvalue weighted by Gasteiger charge is -2.32. The lowest BCUT2D eigenvalue weighted by Crippen LogP contribution is -2.44. The highest BCUT2D eigenvalue weighted by Gasteiger charge is 2.38. The summed E-state index contributed by atoms with van der Waals surface area (Å²) in [7, 11) is 2.29. The Morgan fingerprint density at radius 1 is 0.667 bits per heavy atom. The summed E-state index contributed by atoms with van der Waals surface area (Å²) >= 11 is 0. The molecule has 1 saturated carbocycles. The predicted molar refractivity (Wildman–Crippen MR) is 247 cm³/mol. The molecule has 0 saturated heterocycles. The summed E-state index contributed by atoms with van der Waals surface area (Å²) in [6, 6.07) is 10.5. The fourth-order valence-corrected chi connectivity index (χ4v) is 7.40. The number of unbranched alkanes of at least 4 members (excludes halogenated alkanes) is 3. The number of hydrogen-bond acceptors (Lipinski definition) is 13. The van der Waals surface area contributed by atoms with Gasteiger partial charge in [0.25, 0.3) is 0 Å². The maximum absolute atomic E-state index is 16.1. The van der Waals surface area contributed by atoms with E-state index in [4.69, 9.17) is 23.7 Å². The fourth-order valence-electron chi connectivity index (χ4n) is 7.40.